The van der Waals surface area contributed by atoms with E-state index in [4.69, 9.17) is 66.3 Å². The first-order valence-corrected chi connectivity index (χ1v) is 43.0. The van der Waals surface area contributed by atoms with Gasteiger partial charge < -0.3 is 66.3 Å². The van der Waals surface area contributed by atoms with Crippen LogP contribution in [0.2, 0.25) is 0 Å². The van der Waals surface area contributed by atoms with E-state index in [1.807, 2.05) is 61.5 Å². The van der Waals surface area contributed by atoms with Gasteiger partial charge in [-0.15, -0.1) is 0 Å². The van der Waals surface area contributed by atoms with Crippen LogP contribution in [0.15, 0.2) is 182 Å². The average molecular weight is 1630 g/mol. The maximum absolute atomic E-state index is 14.8. The van der Waals surface area contributed by atoms with Crippen molar-refractivity contribution in [2.45, 2.75) is 233 Å². The van der Waals surface area contributed by atoms with Crippen molar-refractivity contribution in [3.05, 3.63) is 215 Å². The van der Waals surface area contributed by atoms with Crippen molar-refractivity contribution in [1.29, 1.82) is 0 Å². The van der Waals surface area contributed by atoms with Crippen molar-refractivity contribution in [2.24, 2.45) is 81.8 Å². The smallest absolute Gasteiger partial charge is 0.338 e. The summed E-state index contributed by atoms with van der Waals surface area (Å²) in [5, 5.41) is 0. The molecule has 6 aromatic carbocycles. The maximum atomic E-state index is 14.8. The van der Waals surface area contributed by atoms with E-state index in [2.05, 4.69) is 20.8 Å². The third kappa shape index (κ3) is 19.1. The van der Waals surface area contributed by atoms with E-state index in [0.29, 0.717) is 56.8 Å². The van der Waals surface area contributed by atoms with Crippen LogP contribution in [0.4, 0.5) is 0 Å². The van der Waals surface area contributed by atoms with Crippen LogP contribution in [-0.4, -0.2) is 160 Å². The molecular formula is C97H116O22. The molecule has 14 rings (SSSR count). The Hall–Kier alpha value is -8.84. The molecule has 6 aromatic rings. The molecule has 8 fully saturated rings. The molecule has 4 aliphatic heterocycles. The van der Waals surface area contributed by atoms with E-state index in [9.17, 15) is 38.4 Å². The van der Waals surface area contributed by atoms with E-state index in [0.717, 1.165) is 32.1 Å². The summed E-state index contributed by atoms with van der Waals surface area (Å²) in [6, 6.07) is 51.2. The van der Waals surface area contributed by atoms with Crippen LogP contribution >= 0.6 is 0 Å². The number of ether oxygens (including phenoxy) is 14. The average Bonchev–Trinajstić information content (AvgIpc) is 1.60. The molecule has 4 aliphatic carbocycles. The molecule has 8 aliphatic rings. The Morgan fingerprint density at radius 3 is 1.34 bits per heavy atom. The number of hydrogen-bond acceptors (Lipinski definition) is 22. The van der Waals surface area contributed by atoms with Crippen molar-refractivity contribution in [2.75, 3.05) is 19.8 Å². The first-order valence-electron chi connectivity index (χ1n) is 43.0. The van der Waals surface area contributed by atoms with Gasteiger partial charge in [0.25, 0.3) is 0 Å². The number of fused-ring (bicyclic) bond motifs is 5. The quantitative estimate of drug-likeness (QED) is 0.0263. The third-order valence-corrected chi connectivity index (χ3v) is 28.1. The highest BCUT2D eigenvalue weighted by atomic mass is 16.8. The van der Waals surface area contributed by atoms with Crippen molar-refractivity contribution >= 4 is 47.4 Å². The minimum atomic E-state index is -1.50. The molecule has 0 aromatic heterocycles. The van der Waals surface area contributed by atoms with Crippen LogP contribution in [0.5, 0.6) is 0 Å². The number of benzene rings is 6. The monoisotopic (exact) mass is 1630 g/mol. The van der Waals surface area contributed by atoms with Crippen LogP contribution in [0.25, 0.3) is 0 Å². The third-order valence-electron chi connectivity index (χ3n) is 28.1. The fraction of sp³-hybridized carbons (Fsp3) is 0.546. The molecule has 4 heterocycles. The number of carbonyl (C=O) groups is 8. The van der Waals surface area contributed by atoms with Crippen molar-refractivity contribution in [1.82, 2.24) is 0 Å². The molecule has 22 heteroatoms. The summed E-state index contributed by atoms with van der Waals surface area (Å²) in [7, 11) is 0. The Morgan fingerprint density at radius 2 is 0.866 bits per heavy atom. The van der Waals surface area contributed by atoms with Crippen LogP contribution in [0.3, 0.4) is 0 Å². The summed E-state index contributed by atoms with van der Waals surface area (Å²) in [6.07, 6.45) is -9.51. The molecule has 0 N–H and O–H groups in total. The zero-order valence-corrected chi connectivity index (χ0v) is 70.1. The second-order valence-electron chi connectivity index (χ2n) is 35.5. The van der Waals surface area contributed by atoms with Gasteiger partial charge in [-0.25, -0.2) is 28.8 Å². The Kier molecular flexibility index (Phi) is 27.7. The summed E-state index contributed by atoms with van der Waals surface area (Å²) < 4.78 is 94.0. The lowest BCUT2D eigenvalue weighted by atomic mass is 9.44. The summed E-state index contributed by atoms with van der Waals surface area (Å²) in [5.41, 5.74) is 1.16. The van der Waals surface area contributed by atoms with Crippen LogP contribution in [0, 0.1) is 81.8 Å². The number of hydrogen-bond donors (Lipinski definition) is 0. The van der Waals surface area contributed by atoms with Gasteiger partial charge in [-0.2, -0.15) is 0 Å². The van der Waals surface area contributed by atoms with Gasteiger partial charge in [0.15, 0.2) is 43.5 Å². The first kappa shape index (κ1) is 86.5. The normalized spacial score (nSPS) is 35.4. The second kappa shape index (κ2) is 38.1. The van der Waals surface area contributed by atoms with Gasteiger partial charge in [-0.3, -0.25) is 9.59 Å². The number of Topliss-reactive ketones (excluding diaryl/α,β-unsaturated/α-hetero) is 2. The SMILES string of the molecule is CC1O[C@@H](OC2[C@H](OC3CCC4(C)C(CCC5C4CCC4(C)C5CC(=O)C4[C@H](C)C(=O)CC[C@H](C)CO[C@@H]4OC[C@H](C)[C@H](C)C4OC(=O)c4ccccc4)C3)OC(COC(=O)c3ccccc3)[C@H](O[C@@H]3OC(C)[C@H](C)[C@@H](OC(=O)c4ccccc4)C3OC(=O)c3ccccc3)[C@@H]2C)C(OC(=O)c2ccccc2)[C@H](OC(=O)c2ccccc2)[C@H]1C. The lowest BCUT2D eigenvalue weighted by molar-refractivity contribution is -0.378. The van der Waals surface area contributed by atoms with Gasteiger partial charge >= 0.3 is 35.8 Å². The lowest BCUT2D eigenvalue weighted by Crippen LogP contribution is -2.64. The Labute approximate surface area is 698 Å². The van der Waals surface area contributed by atoms with E-state index >= 15 is 0 Å². The first-order chi connectivity index (χ1) is 57.3. The summed E-state index contributed by atoms with van der Waals surface area (Å²) in [4.78, 5) is 115. The zero-order valence-electron chi connectivity index (χ0n) is 70.1. The minimum Gasteiger partial charge on any atom is -0.459 e. The van der Waals surface area contributed by atoms with E-state index in [1.165, 1.54) is 0 Å². The predicted molar refractivity (Wildman–Crippen MR) is 437 cm³/mol. The van der Waals surface area contributed by atoms with Gasteiger partial charge in [0.1, 0.15) is 42.6 Å². The Balaban J connectivity index is 0.729. The van der Waals surface area contributed by atoms with Gasteiger partial charge in [-0.1, -0.05) is 172 Å². The lowest BCUT2D eigenvalue weighted by Gasteiger charge is -2.61. The highest BCUT2D eigenvalue weighted by molar-refractivity contribution is 5.94. The molecule has 0 spiro atoms. The molecule has 0 amide bonds. The van der Waals surface area contributed by atoms with Gasteiger partial charge in [0.2, 0.25) is 0 Å². The summed E-state index contributed by atoms with van der Waals surface area (Å²) in [6.45, 7) is 22.4. The Bertz CT molecular complexity index is 4440. The number of rotatable bonds is 27. The topological polar surface area (TPSA) is 266 Å². The molecule has 29 atom stereocenters. The fourth-order valence-corrected chi connectivity index (χ4v) is 20.5. The van der Waals surface area contributed by atoms with E-state index in [-0.39, 0.29) is 85.7 Å². The molecule has 0 radical (unpaired) electrons. The fourth-order valence-electron chi connectivity index (χ4n) is 20.5. The number of carbonyl (C=O) groups excluding carboxylic acids is 8. The van der Waals surface area contributed by atoms with Crippen molar-refractivity contribution in [3.63, 3.8) is 0 Å². The molecule has 4 saturated heterocycles. The van der Waals surface area contributed by atoms with E-state index < -0.39 is 164 Å². The predicted octanol–water partition coefficient (Wildman–Crippen LogP) is 16.4. The van der Waals surface area contributed by atoms with Crippen molar-refractivity contribution < 1.29 is 105 Å². The minimum absolute atomic E-state index is 0.0120. The summed E-state index contributed by atoms with van der Waals surface area (Å²) >= 11 is 0. The summed E-state index contributed by atoms with van der Waals surface area (Å²) in [5.74, 6) is -5.65. The van der Waals surface area contributed by atoms with E-state index in [1.54, 1.807) is 176 Å². The molecule has 636 valence electrons. The van der Waals surface area contributed by atoms with Crippen LogP contribution in [0.1, 0.15) is 203 Å². The van der Waals surface area contributed by atoms with Gasteiger partial charge in [0, 0.05) is 48.3 Å². The molecule has 0 bridgehead atoms. The molecule has 22 nitrogen and oxygen atoms in total. The molecular weight excluding hydrogens is 1520 g/mol. The van der Waals surface area contributed by atoms with Gasteiger partial charge in [-0.05, 0) is 184 Å². The largest absolute Gasteiger partial charge is 0.459 e. The molecule has 4 saturated carbocycles. The van der Waals surface area contributed by atoms with Crippen LogP contribution in [-0.2, 0) is 75.9 Å². The molecule has 119 heavy (non-hydrogen) atoms. The second-order valence-corrected chi connectivity index (χ2v) is 35.5. The number of esters is 6. The highest BCUT2D eigenvalue weighted by Crippen LogP contribution is 2.68. The number of ketones is 2. The van der Waals surface area contributed by atoms with Gasteiger partial charge in [0.05, 0.1) is 71.0 Å². The van der Waals surface area contributed by atoms with Crippen molar-refractivity contribution in [3.8, 4) is 0 Å². The zero-order chi connectivity index (χ0) is 84.0. The molecule has 15 unspecified atom stereocenters. The highest BCUT2D eigenvalue weighted by Gasteiger charge is 2.65. The standard InChI is InChI=1S/C97H116O22/c1-55(52-107-92-82(57(3)56(2)53-108-92)115-89(103)67-36-24-15-25-37-67)42-45-75(98)60(6)78-76(99)51-74-72-44-43-70-50-71(46-48-96(70,10)73(72)47-49-97(74,78)11)111-93-83(119-95-85(117-91(105)69-40-28-17-29-41-69)81(59(5)63(9)110-95)114-88(102)66-34-22-14-23-35-66)61(7)79(77(112-93)54-106-86(100)64-30-18-12-19-31-64)118-94-84(116-90(104)68-38-26-16-27-39-68)80(58(4)62(8)109-94)113-87(101)65-32-20-13-21-33-65/h12-41,55-63,70-74,77-85,92-95H,42-54H2,1-11H3/t55-,56-,57-,58-,59-,60+,61-,62?,63?,70?,71?,72?,73?,74?,77?,78?,79+,80+,81+,82?,83?,84?,85?,92+,93+,94-,95-,96?,97?/m0/s1. The van der Waals surface area contributed by atoms with Crippen LogP contribution < -0.4 is 0 Å². The Morgan fingerprint density at radius 1 is 0.437 bits per heavy atom. The maximum Gasteiger partial charge on any atom is 0.338 e.